The molecule has 0 radical (unpaired) electrons. The molecule has 5 heteroatoms. The Hall–Kier alpha value is -1.46. The maximum atomic E-state index is 13.2. The molecule has 2 atom stereocenters. The zero-order valence-corrected chi connectivity index (χ0v) is 12.7. The fourth-order valence-electron chi connectivity index (χ4n) is 2.78. The van der Waals surface area contributed by atoms with Crippen LogP contribution in [0.15, 0.2) is 18.2 Å². The summed E-state index contributed by atoms with van der Waals surface area (Å²) in [5.74, 6) is 0.0172. The largest absolute Gasteiger partial charge is 0.330 e. The number of rotatable bonds is 4. The van der Waals surface area contributed by atoms with Crippen LogP contribution in [-0.4, -0.2) is 36.5 Å². The zero-order valence-electron chi connectivity index (χ0n) is 12.7. The van der Waals surface area contributed by atoms with Gasteiger partial charge in [-0.05, 0) is 56.8 Å². The fourth-order valence-corrected chi connectivity index (χ4v) is 2.78. The van der Waals surface area contributed by atoms with Gasteiger partial charge in [0.25, 0.3) is 0 Å². The molecule has 2 unspecified atom stereocenters. The highest BCUT2D eigenvalue weighted by molar-refractivity contribution is 5.93. The van der Waals surface area contributed by atoms with Gasteiger partial charge in [-0.2, -0.15) is 0 Å². The summed E-state index contributed by atoms with van der Waals surface area (Å²) < 4.78 is 13.2. The molecule has 0 aromatic heterocycles. The van der Waals surface area contributed by atoms with Crippen LogP contribution in [0.5, 0.6) is 0 Å². The molecule has 1 aliphatic rings. The minimum absolute atomic E-state index is 0.103. The van der Waals surface area contributed by atoms with Gasteiger partial charge in [-0.3, -0.25) is 9.69 Å². The molecule has 4 nitrogen and oxygen atoms in total. The van der Waals surface area contributed by atoms with Crippen LogP contribution in [0.1, 0.15) is 25.3 Å². The summed E-state index contributed by atoms with van der Waals surface area (Å²) in [6.45, 7) is 5.82. The van der Waals surface area contributed by atoms with Crippen molar-refractivity contribution >= 4 is 11.6 Å². The first-order valence-electron chi connectivity index (χ1n) is 7.49. The lowest BCUT2D eigenvalue weighted by Crippen LogP contribution is -2.47. The minimum atomic E-state index is -0.342. The van der Waals surface area contributed by atoms with E-state index in [0.717, 1.165) is 24.9 Å². The molecule has 0 bridgehead atoms. The SMILES string of the molecule is Cc1ccc(F)cc1NC(=O)CN1CC(CN)CCC1C. The predicted molar refractivity (Wildman–Crippen MR) is 82.6 cm³/mol. The van der Waals surface area contributed by atoms with E-state index >= 15 is 0 Å². The summed E-state index contributed by atoms with van der Waals surface area (Å²) >= 11 is 0. The van der Waals surface area contributed by atoms with Gasteiger partial charge in [0.2, 0.25) is 5.91 Å². The third-order valence-corrected chi connectivity index (χ3v) is 4.26. The molecule has 1 amide bonds. The summed E-state index contributed by atoms with van der Waals surface area (Å²) in [6, 6.07) is 4.80. The molecule has 21 heavy (non-hydrogen) atoms. The first kappa shape index (κ1) is 15.9. The molecule has 0 spiro atoms. The summed E-state index contributed by atoms with van der Waals surface area (Å²) in [6.07, 6.45) is 2.19. The molecule has 1 aromatic carbocycles. The van der Waals surface area contributed by atoms with E-state index in [2.05, 4.69) is 17.1 Å². The van der Waals surface area contributed by atoms with Crippen molar-refractivity contribution in [1.29, 1.82) is 0 Å². The molecular formula is C16H24FN3O. The fraction of sp³-hybridized carbons (Fsp3) is 0.562. The number of hydrogen-bond acceptors (Lipinski definition) is 3. The summed E-state index contributed by atoms with van der Waals surface area (Å²) in [4.78, 5) is 14.3. The van der Waals surface area contributed by atoms with E-state index in [9.17, 15) is 9.18 Å². The van der Waals surface area contributed by atoms with E-state index in [-0.39, 0.29) is 11.7 Å². The number of carbonyl (C=O) groups is 1. The maximum absolute atomic E-state index is 13.2. The van der Waals surface area contributed by atoms with E-state index in [0.29, 0.717) is 30.7 Å². The standard InChI is InChI=1S/C16H24FN3O/c1-11-3-6-14(17)7-15(11)19-16(21)10-20-9-13(8-18)5-4-12(20)2/h3,6-7,12-13H,4-5,8-10,18H2,1-2H3,(H,19,21). The van der Waals surface area contributed by atoms with Gasteiger partial charge in [0.05, 0.1) is 6.54 Å². The molecule has 0 aliphatic carbocycles. The molecule has 1 aromatic rings. The number of aryl methyl sites for hydroxylation is 1. The summed E-state index contributed by atoms with van der Waals surface area (Å²) in [5, 5.41) is 2.80. The van der Waals surface area contributed by atoms with Gasteiger partial charge in [-0.1, -0.05) is 6.07 Å². The number of amides is 1. The van der Waals surface area contributed by atoms with Crippen LogP contribution in [0, 0.1) is 18.7 Å². The van der Waals surface area contributed by atoms with Crippen molar-refractivity contribution in [3.05, 3.63) is 29.6 Å². The number of hydrogen-bond donors (Lipinski definition) is 2. The van der Waals surface area contributed by atoms with Gasteiger partial charge in [0, 0.05) is 18.3 Å². The molecular weight excluding hydrogens is 269 g/mol. The summed E-state index contributed by atoms with van der Waals surface area (Å²) in [7, 11) is 0. The predicted octanol–water partition coefficient (Wildman–Crippen LogP) is 2.13. The average molecular weight is 293 g/mol. The Morgan fingerprint density at radius 2 is 2.24 bits per heavy atom. The lowest BCUT2D eigenvalue weighted by molar-refractivity contribution is -0.118. The van der Waals surface area contributed by atoms with Crippen molar-refractivity contribution in [2.45, 2.75) is 32.7 Å². The normalized spacial score (nSPS) is 23.0. The Labute approximate surface area is 125 Å². The van der Waals surface area contributed by atoms with Crippen molar-refractivity contribution in [2.75, 3.05) is 25.0 Å². The van der Waals surface area contributed by atoms with Crippen LogP contribution in [0.2, 0.25) is 0 Å². The second-order valence-corrected chi connectivity index (χ2v) is 5.96. The van der Waals surface area contributed by atoms with Gasteiger partial charge >= 0.3 is 0 Å². The van der Waals surface area contributed by atoms with Gasteiger partial charge in [-0.15, -0.1) is 0 Å². The van der Waals surface area contributed by atoms with Crippen LogP contribution in [0.25, 0.3) is 0 Å². The average Bonchev–Trinajstić information content (AvgIpc) is 2.45. The number of carbonyl (C=O) groups excluding carboxylic acids is 1. The van der Waals surface area contributed by atoms with Crippen molar-refractivity contribution in [1.82, 2.24) is 4.90 Å². The van der Waals surface area contributed by atoms with Crippen molar-refractivity contribution < 1.29 is 9.18 Å². The molecule has 116 valence electrons. The second-order valence-electron chi connectivity index (χ2n) is 5.96. The number of nitrogens with two attached hydrogens (primary N) is 1. The monoisotopic (exact) mass is 293 g/mol. The number of likely N-dealkylation sites (tertiary alicyclic amines) is 1. The molecule has 1 heterocycles. The second kappa shape index (κ2) is 7.00. The Morgan fingerprint density at radius 1 is 1.48 bits per heavy atom. The molecule has 1 aliphatic heterocycles. The van der Waals surface area contributed by atoms with Gasteiger partial charge < -0.3 is 11.1 Å². The number of anilines is 1. The highest BCUT2D eigenvalue weighted by atomic mass is 19.1. The minimum Gasteiger partial charge on any atom is -0.330 e. The number of halogens is 1. The van der Waals surface area contributed by atoms with Crippen LogP contribution in [-0.2, 0) is 4.79 Å². The van der Waals surface area contributed by atoms with E-state index in [4.69, 9.17) is 5.73 Å². The Bertz CT molecular complexity index is 506. The third-order valence-electron chi connectivity index (χ3n) is 4.26. The van der Waals surface area contributed by atoms with E-state index in [1.807, 2.05) is 6.92 Å². The number of nitrogens with one attached hydrogen (secondary N) is 1. The van der Waals surface area contributed by atoms with Gasteiger partial charge in [0.1, 0.15) is 5.82 Å². The van der Waals surface area contributed by atoms with Crippen LogP contribution < -0.4 is 11.1 Å². The maximum Gasteiger partial charge on any atom is 0.238 e. The highest BCUT2D eigenvalue weighted by Gasteiger charge is 2.26. The van der Waals surface area contributed by atoms with Crippen LogP contribution in [0.4, 0.5) is 10.1 Å². The van der Waals surface area contributed by atoms with Crippen LogP contribution >= 0.6 is 0 Å². The highest BCUT2D eigenvalue weighted by Crippen LogP contribution is 2.21. The smallest absolute Gasteiger partial charge is 0.238 e. The van der Waals surface area contributed by atoms with Crippen molar-refractivity contribution in [3.63, 3.8) is 0 Å². The van der Waals surface area contributed by atoms with Crippen molar-refractivity contribution in [2.24, 2.45) is 11.7 Å². The summed E-state index contributed by atoms with van der Waals surface area (Å²) in [5.41, 5.74) is 7.13. The molecule has 0 saturated carbocycles. The zero-order chi connectivity index (χ0) is 15.4. The van der Waals surface area contributed by atoms with Gasteiger partial charge in [-0.25, -0.2) is 4.39 Å². The van der Waals surface area contributed by atoms with E-state index < -0.39 is 0 Å². The third kappa shape index (κ3) is 4.25. The Balaban J connectivity index is 1.96. The van der Waals surface area contributed by atoms with Gasteiger partial charge in [0.15, 0.2) is 0 Å². The van der Waals surface area contributed by atoms with Crippen LogP contribution in [0.3, 0.4) is 0 Å². The Kier molecular flexibility index (Phi) is 5.31. The van der Waals surface area contributed by atoms with E-state index in [1.54, 1.807) is 6.07 Å². The number of benzene rings is 1. The topological polar surface area (TPSA) is 58.4 Å². The number of piperidine rings is 1. The molecule has 1 fully saturated rings. The molecule has 2 rings (SSSR count). The van der Waals surface area contributed by atoms with E-state index in [1.165, 1.54) is 12.1 Å². The molecule has 3 N–H and O–H groups in total. The Morgan fingerprint density at radius 3 is 2.95 bits per heavy atom. The molecule has 1 saturated heterocycles. The van der Waals surface area contributed by atoms with Crippen molar-refractivity contribution in [3.8, 4) is 0 Å². The first-order valence-corrected chi connectivity index (χ1v) is 7.49. The first-order chi connectivity index (χ1) is 9.99. The lowest BCUT2D eigenvalue weighted by atomic mass is 9.93. The number of nitrogens with zero attached hydrogens (tertiary/aromatic N) is 1. The quantitative estimate of drug-likeness (QED) is 0.894. The lowest BCUT2D eigenvalue weighted by Gasteiger charge is -2.37.